The highest BCUT2D eigenvalue weighted by Crippen LogP contribution is 2.60. The van der Waals surface area contributed by atoms with E-state index in [-0.39, 0.29) is 0 Å². The molecule has 2 aliphatic carbocycles. The lowest BCUT2D eigenvalue weighted by atomic mass is 10.0. The van der Waals surface area contributed by atoms with Crippen molar-refractivity contribution in [1.29, 1.82) is 0 Å². The van der Waals surface area contributed by atoms with Crippen LogP contribution in [0.2, 0.25) is 0 Å². The smallest absolute Gasteiger partial charge is 0.00768 e. The van der Waals surface area contributed by atoms with Crippen LogP contribution in [0.15, 0.2) is 0 Å². The summed E-state index contributed by atoms with van der Waals surface area (Å²) in [5.74, 6) is 1.10. The number of likely N-dealkylation sites (N-methyl/N-ethyl adjacent to an activating group) is 1. The summed E-state index contributed by atoms with van der Waals surface area (Å²) in [4.78, 5) is 0. The van der Waals surface area contributed by atoms with Crippen molar-refractivity contribution in [3.8, 4) is 0 Å². The van der Waals surface area contributed by atoms with E-state index in [9.17, 15) is 0 Å². The van der Waals surface area contributed by atoms with Crippen molar-refractivity contribution in [2.24, 2.45) is 11.3 Å². The molecule has 0 saturated heterocycles. The molecule has 0 spiro atoms. The molecule has 0 heterocycles. The Hall–Kier alpha value is -0.0800. The number of nitrogens with one attached hydrogen (secondary N) is 2. The largest absolute Gasteiger partial charge is 0.318 e. The normalized spacial score (nSPS) is 25.8. The molecule has 0 aromatic rings. The minimum Gasteiger partial charge on any atom is -0.318 e. The molecule has 0 radical (unpaired) electrons. The van der Waals surface area contributed by atoms with Crippen LogP contribution in [0, 0.1) is 11.3 Å². The zero-order chi connectivity index (χ0) is 8.44. The van der Waals surface area contributed by atoms with E-state index < -0.39 is 0 Å². The zero-order valence-corrected chi connectivity index (χ0v) is 8.03. The first-order valence-corrected chi connectivity index (χ1v) is 5.23. The van der Waals surface area contributed by atoms with E-state index in [0.29, 0.717) is 0 Å². The maximum absolute atomic E-state index is 3.55. The third-order valence-corrected chi connectivity index (χ3v) is 3.36. The maximum Gasteiger partial charge on any atom is 0.00768 e. The average Bonchev–Trinajstić information content (AvgIpc) is 2.86. The molecular weight excluding hydrogens is 148 g/mol. The van der Waals surface area contributed by atoms with Gasteiger partial charge in [-0.2, -0.15) is 0 Å². The van der Waals surface area contributed by atoms with Gasteiger partial charge < -0.3 is 10.6 Å². The Morgan fingerprint density at radius 1 is 1.25 bits per heavy atom. The Balaban J connectivity index is 1.59. The topological polar surface area (TPSA) is 24.1 Å². The van der Waals surface area contributed by atoms with Gasteiger partial charge in [-0.1, -0.05) is 0 Å². The fourth-order valence-corrected chi connectivity index (χ4v) is 2.14. The highest BCUT2D eigenvalue weighted by molar-refractivity contribution is 5.04. The molecule has 0 aromatic heterocycles. The molecule has 0 unspecified atom stereocenters. The first kappa shape index (κ1) is 8.52. The van der Waals surface area contributed by atoms with Crippen LogP contribution < -0.4 is 10.6 Å². The van der Waals surface area contributed by atoms with Gasteiger partial charge in [-0.05, 0) is 44.1 Å². The zero-order valence-electron chi connectivity index (χ0n) is 8.03. The molecule has 2 aliphatic rings. The summed E-state index contributed by atoms with van der Waals surface area (Å²) in [6, 6.07) is 0. The van der Waals surface area contributed by atoms with Gasteiger partial charge in [-0.15, -0.1) is 0 Å². The Bertz CT molecular complexity index is 148. The van der Waals surface area contributed by atoms with Crippen LogP contribution in [0.3, 0.4) is 0 Å². The van der Waals surface area contributed by atoms with Crippen LogP contribution in [0.1, 0.15) is 25.7 Å². The van der Waals surface area contributed by atoms with Crippen molar-refractivity contribution < 1.29 is 0 Å². The van der Waals surface area contributed by atoms with Crippen LogP contribution in [0.5, 0.6) is 0 Å². The van der Waals surface area contributed by atoms with Gasteiger partial charge >= 0.3 is 0 Å². The van der Waals surface area contributed by atoms with Crippen LogP contribution in [-0.4, -0.2) is 26.7 Å². The fourth-order valence-electron chi connectivity index (χ4n) is 2.14. The second kappa shape index (κ2) is 3.35. The first-order chi connectivity index (χ1) is 5.87. The van der Waals surface area contributed by atoms with E-state index in [1.54, 1.807) is 0 Å². The van der Waals surface area contributed by atoms with Gasteiger partial charge in [-0.3, -0.25) is 0 Å². The Kier molecular flexibility index (Phi) is 2.37. The molecular formula is C10H20N2. The van der Waals surface area contributed by atoms with Crippen molar-refractivity contribution in [1.82, 2.24) is 10.6 Å². The molecule has 2 saturated carbocycles. The molecule has 70 valence electrons. The minimum atomic E-state index is 0.772. The number of hydrogen-bond acceptors (Lipinski definition) is 2. The summed E-state index contributed by atoms with van der Waals surface area (Å²) in [7, 11) is 2.01. The summed E-state index contributed by atoms with van der Waals surface area (Å²) < 4.78 is 0. The van der Waals surface area contributed by atoms with Crippen molar-refractivity contribution >= 4 is 0 Å². The van der Waals surface area contributed by atoms with E-state index in [0.717, 1.165) is 24.4 Å². The second-order valence-electron chi connectivity index (χ2n) is 4.42. The maximum atomic E-state index is 3.55. The second-order valence-corrected chi connectivity index (χ2v) is 4.42. The molecule has 0 aromatic carbocycles. The quantitative estimate of drug-likeness (QED) is 0.578. The monoisotopic (exact) mass is 168 g/mol. The Labute approximate surface area is 75.1 Å². The van der Waals surface area contributed by atoms with Crippen LogP contribution >= 0.6 is 0 Å². The summed E-state index contributed by atoms with van der Waals surface area (Å²) in [5.41, 5.74) is 0.772. The van der Waals surface area contributed by atoms with Gasteiger partial charge in [-0.25, -0.2) is 0 Å². The van der Waals surface area contributed by atoms with E-state index in [1.165, 1.54) is 32.2 Å². The van der Waals surface area contributed by atoms with Crippen LogP contribution in [0.25, 0.3) is 0 Å². The lowest BCUT2D eigenvalue weighted by molar-refractivity contribution is 0.404. The van der Waals surface area contributed by atoms with E-state index in [2.05, 4.69) is 10.6 Å². The summed E-state index contributed by atoms with van der Waals surface area (Å²) in [5, 5.41) is 6.70. The van der Waals surface area contributed by atoms with Crippen molar-refractivity contribution in [3.63, 3.8) is 0 Å². The van der Waals surface area contributed by atoms with Crippen LogP contribution in [-0.2, 0) is 0 Å². The molecule has 12 heavy (non-hydrogen) atoms. The molecule has 2 rings (SSSR count). The third-order valence-electron chi connectivity index (χ3n) is 3.36. The van der Waals surface area contributed by atoms with E-state index >= 15 is 0 Å². The fraction of sp³-hybridized carbons (Fsp3) is 1.00. The molecule has 2 fully saturated rings. The lowest BCUT2D eigenvalue weighted by Crippen LogP contribution is -2.30. The predicted molar refractivity (Wildman–Crippen MR) is 51.2 cm³/mol. The minimum absolute atomic E-state index is 0.772. The van der Waals surface area contributed by atoms with Gasteiger partial charge in [0.2, 0.25) is 0 Å². The number of rotatable bonds is 6. The van der Waals surface area contributed by atoms with Gasteiger partial charge in [0.05, 0.1) is 0 Å². The molecule has 2 nitrogen and oxygen atoms in total. The lowest BCUT2D eigenvalue weighted by Gasteiger charge is -2.14. The van der Waals surface area contributed by atoms with E-state index in [4.69, 9.17) is 0 Å². The average molecular weight is 168 g/mol. The Morgan fingerprint density at radius 2 is 2.00 bits per heavy atom. The standard InChI is InChI=1S/C10H20N2/c1-11-6-7-12-8-10(4-5-10)9-2-3-9/h9,11-12H,2-8H2,1H3. The molecule has 2 N–H and O–H groups in total. The highest BCUT2D eigenvalue weighted by atomic mass is 14.9. The molecule has 0 bridgehead atoms. The predicted octanol–water partition coefficient (Wildman–Crippen LogP) is 0.986. The molecule has 0 amide bonds. The summed E-state index contributed by atoms with van der Waals surface area (Å²) in [6.07, 6.45) is 6.00. The first-order valence-electron chi connectivity index (χ1n) is 5.23. The van der Waals surface area contributed by atoms with Gasteiger partial charge in [0.15, 0.2) is 0 Å². The van der Waals surface area contributed by atoms with Gasteiger partial charge in [0, 0.05) is 19.6 Å². The Morgan fingerprint density at radius 3 is 2.50 bits per heavy atom. The van der Waals surface area contributed by atoms with Crippen molar-refractivity contribution in [2.45, 2.75) is 25.7 Å². The molecule has 2 heteroatoms. The highest BCUT2D eigenvalue weighted by Gasteiger charge is 2.52. The van der Waals surface area contributed by atoms with E-state index in [1.807, 2.05) is 7.05 Å². The molecule has 0 aliphatic heterocycles. The van der Waals surface area contributed by atoms with Gasteiger partial charge in [0.25, 0.3) is 0 Å². The van der Waals surface area contributed by atoms with Crippen molar-refractivity contribution in [3.05, 3.63) is 0 Å². The van der Waals surface area contributed by atoms with Gasteiger partial charge in [0.1, 0.15) is 0 Å². The summed E-state index contributed by atoms with van der Waals surface area (Å²) >= 11 is 0. The van der Waals surface area contributed by atoms with Crippen LogP contribution in [0.4, 0.5) is 0 Å². The molecule has 0 atom stereocenters. The number of hydrogen-bond donors (Lipinski definition) is 2. The third kappa shape index (κ3) is 1.80. The SMILES string of the molecule is CNCCNCC1(C2CC2)CC1. The van der Waals surface area contributed by atoms with Crippen molar-refractivity contribution in [2.75, 3.05) is 26.7 Å². The summed E-state index contributed by atoms with van der Waals surface area (Å²) in [6.45, 7) is 3.51.